The molecule has 2 amide bonds. The number of benzene rings is 1. The summed E-state index contributed by atoms with van der Waals surface area (Å²) in [6.45, 7) is 5.44. The number of nitrogens with one attached hydrogen (secondary N) is 1. The molecule has 1 heterocycles. The van der Waals surface area contributed by atoms with Gasteiger partial charge in [0.1, 0.15) is 17.3 Å². The maximum absolute atomic E-state index is 12.4. The van der Waals surface area contributed by atoms with Crippen LogP contribution in [-0.2, 0) is 4.79 Å². The van der Waals surface area contributed by atoms with Crippen molar-refractivity contribution in [3.8, 4) is 5.75 Å². The Balaban J connectivity index is 2.01. The van der Waals surface area contributed by atoms with E-state index in [-0.39, 0.29) is 18.4 Å². The molecule has 0 atom stereocenters. The predicted molar refractivity (Wildman–Crippen MR) is 91.5 cm³/mol. The van der Waals surface area contributed by atoms with Gasteiger partial charge in [-0.3, -0.25) is 9.59 Å². The molecule has 0 aliphatic rings. The highest BCUT2D eigenvalue weighted by molar-refractivity contribution is 6.06. The molecule has 0 radical (unpaired) electrons. The molecule has 0 aliphatic heterocycles. The Morgan fingerprint density at radius 1 is 1.08 bits per heavy atom. The zero-order chi connectivity index (χ0) is 17.9. The Hall–Kier alpha value is -2.76. The zero-order valence-electron chi connectivity index (χ0n) is 14.6. The van der Waals surface area contributed by atoms with Crippen molar-refractivity contribution in [2.45, 2.75) is 20.8 Å². The maximum Gasteiger partial charge on any atom is 0.259 e. The van der Waals surface area contributed by atoms with Gasteiger partial charge >= 0.3 is 0 Å². The fourth-order valence-electron chi connectivity index (χ4n) is 2.23. The summed E-state index contributed by atoms with van der Waals surface area (Å²) in [6.07, 6.45) is 0. The van der Waals surface area contributed by atoms with Crippen molar-refractivity contribution in [2.24, 2.45) is 0 Å². The van der Waals surface area contributed by atoms with E-state index < -0.39 is 0 Å². The van der Waals surface area contributed by atoms with E-state index in [1.807, 2.05) is 13.8 Å². The first-order valence-corrected chi connectivity index (χ1v) is 7.60. The molecule has 0 spiro atoms. The lowest BCUT2D eigenvalue weighted by Crippen LogP contribution is -2.27. The molecule has 0 fully saturated rings. The average Bonchev–Trinajstić information content (AvgIpc) is 2.78. The molecule has 1 aromatic carbocycles. The quantitative estimate of drug-likeness (QED) is 0.915. The number of ether oxygens (including phenoxy) is 1. The first-order valence-electron chi connectivity index (χ1n) is 7.60. The van der Waals surface area contributed by atoms with E-state index in [2.05, 4.69) is 5.32 Å². The summed E-state index contributed by atoms with van der Waals surface area (Å²) in [5.74, 6) is 1.58. The average molecular weight is 330 g/mol. The van der Waals surface area contributed by atoms with Gasteiger partial charge in [-0.05, 0) is 45.0 Å². The number of rotatable bonds is 5. The van der Waals surface area contributed by atoms with Crippen molar-refractivity contribution in [3.63, 3.8) is 0 Å². The van der Waals surface area contributed by atoms with Crippen LogP contribution in [0.4, 0.5) is 5.69 Å². The van der Waals surface area contributed by atoms with E-state index >= 15 is 0 Å². The van der Waals surface area contributed by atoms with Crippen LogP contribution in [-0.4, -0.2) is 37.4 Å². The van der Waals surface area contributed by atoms with Gasteiger partial charge < -0.3 is 19.4 Å². The molecule has 24 heavy (non-hydrogen) atoms. The van der Waals surface area contributed by atoms with Gasteiger partial charge in [-0.1, -0.05) is 0 Å². The van der Waals surface area contributed by atoms with E-state index in [0.29, 0.717) is 22.8 Å². The van der Waals surface area contributed by atoms with Gasteiger partial charge in [-0.25, -0.2) is 0 Å². The van der Waals surface area contributed by atoms with Crippen molar-refractivity contribution in [3.05, 3.63) is 46.9 Å². The molecule has 0 bridgehead atoms. The molecule has 0 unspecified atom stereocenters. The van der Waals surface area contributed by atoms with Crippen LogP contribution in [0.5, 0.6) is 5.75 Å². The number of furan rings is 1. The number of hydrogen-bond acceptors (Lipinski definition) is 4. The lowest BCUT2D eigenvalue weighted by Gasteiger charge is -2.11. The minimum absolute atomic E-state index is 0.0224. The number of likely N-dealkylation sites (N-methyl/N-ethyl adjacent to an activating group) is 1. The monoisotopic (exact) mass is 330 g/mol. The molecule has 6 heteroatoms. The second kappa shape index (κ2) is 7.21. The van der Waals surface area contributed by atoms with E-state index in [9.17, 15) is 9.59 Å². The predicted octanol–water partition coefficient (Wildman–Crippen LogP) is 2.92. The van der Waals surface area contributed by atoms with Crippen LogP contribution >= 0.6 is 0 Å². The van der Waals surface area contributed by atoms with Gasteiger partial charge in [-0.15, -0.1) is 0 Å². The largest absolute Gasteiger partial charge is 0.484 e. The van der Waals surface area contributed by atoms with Gasteiger partial charge in [0.25, 0.3) is 11.8 Å². The smallest absolute Gasteiger partial charge is 0.259 e. The number of carbonyl (C=O) groups is 2. The van der Waals surface area contributed by atoms with Crippen LogP contribution in [0.1, 0.15) is 27.4 Å². The Morgan fingerprint density at radius 2 is 1.71 bits per heavy atom. The molecule has 1 aromatic heterocycles. The van der Waals surface area contributed by atoms with Gasteiger partial charge in [-0.2, -0.15) is 0 Å². The minimum Gasteiger partial charge on any atom is -0.484 e. The SMILES string of the molecule is Cc1oc(C)c(C(=O)Nc2ccc(OCC(=O)N(C)C)cc2)c1C. The highest BCUT2D eigenvalue weighted by Crippen LogP contribution is 2.23. The summed E-state index contributed by atoms with van der Waals surface area (Å²) in [5.41, 5.74) is 2.04. The molecular weight excluding hydrogens is 308 g/mol. The molecule has 128 valence electrons. The lowest BCUT2D eigenvalue weighted by atomic mass is 10.1. The fraction of sp³-hybridized carbons (Fsp3) is 0.333. The van der Waals surface area contributed by atoms with Crippen LogP contribution in [0.3, 0.4) is 0 Å². The van der Waals surface area contributed by atoms with Gasteiger partial charge in [0.2, 0.25) is 0 Å². The van der Waals surface area contributed by atoms with E-state index in [4.69, 9.17) is 9.15 Å². The van der Waals surface area contributed by atoms with Crippen LogP contribution in [0, 0.1) is 20.8 Å². The third-order valence-corrected chi connectivity index (χ3v) is 3.76. The van der Waals surface area contributed by atoms with Gasteiger partial charge in [0, 0.05) is 25.3 Å². The number of nitrogens with zero attached hydrogens (tertiary/aromatic N) is 1. The number of carbonyl (C=O) groups excluding carboxylic acids is 2. The molecule has 6 nitrogen and oxygen atoms in total. The maximum atomic E-state index is 12.4. The number of anilines is 1. The first kappa shape index (κ1) is 17.6. The molecule has 0 saturated carbocycles. The minimum atomic E-state index is -0.210. The lowest BCUT2D eigenvalue weighted by molar-refractivity contribution is -0.130. The summed E-state index contributed by atoms with van der Waals surface area (Å²) in [6, 6.07) is 6.87. The van der Waals surface area contributed by atoms with Crippen molar-refractivity contribution < 1.29 is 18.7 Å². The topological polar surface area (TPSA) is 71.8 Å². The second-order valence-corrected chi connectivity index (χ2v) is 5.77. The molecule has 0 aliphatic carbocycles. The first-order chi connectivity index (χ1) is 11.3. The van der Waals surface area contributed by atoms with Crippen LogP contribution in [0.2, 0.25) is 0 Å². The zero-order valence-corrected chi connectivity index (χ0v) is 14.6. The van der Waals surface area contributed by atoms with Gasteiger partial charge in [0.05, 0.1) is 5.56 Å². The third kappa shape index (κ3) is 3.95. The Labute approximate surface area is 141 Å². The number of amides is 2. The van der Waals surface area contributed by atoms with E-state index in [1.165, 1.54) is 4.90 Å². The summed E-state index contributed by atoms with van der Waals surface area (Å²) in [5, 5.41) is 2.83. The Morgan fingerprint density at radius 3 is 2.21 bits per heavy atom. The van der Waals surface area contributed by atoms with Gasteiger partial charge in [0.15, 0.2) is 6.61 Å². The van der Waals surface area contributed by atoms with Crippen LogP contribution in [0.15, 0.2) is 28.7 Å². The van der Waals surface area contributed by atoms with Crippen molar-refractivity contribution >= 4 is 17.5 Å². The summed E-state index contributed by atoms with van der Waals surface area (Å²) >= 11 is 0. The van der Waals surface area contributed by atoms with Crippen molar-refractivity contribution in [1.29, 1.82) is 0 Å². The summed E-state index contributed by atoms with van der Waals surface area (Å²) in [7, 11) is 3.35. The van der Waals surface area contributed by atoms with Crippen LogP contribution in [0.25, 0.3) is 0 Å². The molecule has 2 aromatic rings. The second-order valence-electron chi connectivity index (χ2n) is 5.77. The Bertz CT molecular complexity index is 745. The van der Waals surface area contributed by atoms with Crippen molar-refractivity contribution in [1.82, 2.24) is 4.90 Å². The van der Waals surface area contributed by atoms with Crippen LogP contribution < -0.4 is 10.1 Å². The fourth-order valence-corrected chi connectivity index (χ4v) is 2.23. The number of aryl methyl sites for hydroxylation is 2. The van der Waals surface area contributed by atoms with E-state index in [0.717, 1.165) is 11.3 Å². The van der Waals surface area contributed by atoms with E-state index in [1.54, 1.807) is 45.3 Å². The standard InChI is InChI=1S/C18H22N2O4/c1-11-12(2)24-13(3)17(11)18(22)19-14-6-8-15(9-7-14)23-10-16(21)20(4)5/h6-9H,10H2,1-5H3,(H,19,22). The van der Waals surface area contributed by atoms with Crippen molar-refractivity contribution in [2.75, 3.05) is 26.0 Å². The summed E-state index contributed by atoms with van der Waals surface area (Å²) in [4.78, 5) is 25.3. The Kier molecular flexibility index (Phi) is 5.28. The molecule has 0 saturated heterocycles. The molecule has 1 N–H and O–H groups in total. The summed E-state index contributed by atoms with van der Waals surface area (Å²) < 4.78 is 10.9. The third-order valence-electron chi connectivity index (χ3n) is 3.76. The normalized spacial score (nSPS) is 10.4. The highest BCUT2D eigenvalue weighted by atomic mass is 16.5. The number of hydrogen-bond donors (Lipinski definition) is 1. The molecular formula is C18H22N2O4. The highest BCUT2D eigenvalue weighted by Gasteiger charge is 2.18. The molecule has 2 rings (SSSR count).